The SMILES string of the molecule is COc1ccc(C(C)(C)CN)nc1. The molecule has 0 aliphatic rings. The molecule has 1 rings (SSSR count). The van der Waals surface area contributed by atoms with E-state index >= 15 is 0 Å². The van der Waals surface area contributed by atoms with Gasteiger partial charge in [0.1, 0.15) is 5.75 Å². The lowest BCUT2D eigenvalue weighted by molar-refractivity contribution is 0.411. The molecule has 3 heteroatoms. The van der Waals surface area contributed by atoms with Crippen molar-refractivity contribution in [3.8, 4) is 5.75 Å². The number of hydrogen-bond donors (Lipinski definition) is 1. The van der Waals surface area contributed by atoms with Crippen molar-refractivity contribution in [2.75, 3.05) is 13.7 Å². The molecular formula is C10H16N2O. The lowest BCUT2D eigenvalue weighted by atomic mass is 9.89. The summed E-state index contributed by atoms with van der Waals surface area (Å²) in [6.07, 6.45) is 1.72. The van der Waals surface area contributed by atoms with E-state index in [0.29, 0.717) is 6.54 Å². The average Bonchev–Trinajstić information content (AvgIpc) is 2.18. The molecule has 0 atom stereocenters. The Balaban J connectivity index is 2.92. The third-order valence-electron chi connectivity index (χ3n) is 2.18. The van der Waals surface area contributed by atoms with Gasteiger partial charge in [-0.05, 0) is 12.1 Å². The van der Waals surface area contributed by atoms with Gasteiger partial charge < -0.3 is 10.5 Å². The summed E-state index contributed by atoms with van der Waals surface area (Å²) in [6.45, 7) is 4.73. The normalized spacial score (nSPS) is 11.4. The van der Waals surface area contributed by atoms with Gasteiger partial charge in [-0.2, -0.15) is 0 Å². The van der Waals surface area contributed by atoms with Crippen LogP contribution in [-0.4, -0.2) is 18.6 Å². The molecule has 1 aromatic heterocycles. The van der Waals surface area contributed by atoms with Crippen LogP contribution in [0.3, 0.4) is 0 Å². The number of hydrogen-bond acceptors (Lipinski definition) is 3. The minimum absolute atomic E-state index is 0.0632. The minimum Gasteiger partial charge on any atom is -0.495 e. The van der Waals surface area contributed by atoms with Crippen molar-refractivity contribution in [3.63, 3.8) is 0 Å². The van der Waals surface area contributed by atoms with Crippen LogP contribution in [0.5, 0.6) is 5.75 Å². The number of rotatable bonds is 3. The van der Waals surface area contributed by atoms with Gasteiger partial charge >= 0.3 is 0 Å². The van der Waals surface area contributed by atoms with Crippen LogP contribution in [0.25, 0.3) is 0 Å². The molecule has 0 saturated carbocycles. The van der Waals surface area contributed by atoms with Crippen molar-refractivity contribution in [3.05, 3.63) is 24.0 Å². The van der Waals surface area contributed by atoms with Crippen molar-refractivity contribution in [2.24, 2.45) is 5.73 Å². The lowest BCUT2D eigenvalue weighted by Crippen LogP contribution is -2.29. The van der Waals surface area contributed by atoms with Crippen LogP contribution in [-0.2, 0) is 5.41 Å². The Morgan fingerprint density at radius 3 is 2.54 bits per heavy atom. The maximum Gasteiger partial charge on any atom is 0.137 e. The average molecular weight is 180 g/mol. The first-order valence-electron chi connectivity index (χ1n) is 4.31. The van der Waals surface area contributed by atoms with E-state index in [9.17, 15) is 0 Å². The van der Waals surface area contributed by atoms with Crippen molar-refractivity contribution in [2.45, 2.75) is 19.3 Å². The Morgan fingerprint density at radius 2 is 2.15 bits per heavy atom. The number of ether oxygens (including phenoxy) is 1. The van der Waals surface area contributed by atoms with Gasteiger partial charge in [0.2, 0.25) is 0 Å². The number of nitrogens with two attached hydrogens (primary N) is 1. The lowest BCUT2D eigenvalue weighted by Gasteiger charge is -2.21. The summed E-state index contributed by atoms with van der Waals surface area (Å²) in [6, 6.07) is 3.85. The Labute approximate surface area is 78.9 Å². The molecule has 0 aliphatic heterocycles. The second-order valence-corrected chi connectivity index (χ2v) is 3.67. The molecular weight excluding hydrogens is 164 g/mol. The fourth-order valence-electron chi connectivity index (χ4n) is 1.01. The van der Waals surface area contributed by atoms with E-state index in [0.717, 1.165) is 11.4 Å². The van der Waals surface area contributed by atoms with Crippen molar-refractivity contribution in [1.29, 1.82) is 0 Å². The van der Waals surface area contributed by atoms with E-state index in [1.165, 1.54) is 0 Å². The van der Waals surface area contributed by atoms with Crippen LogP contribution >= 0.6 is 0 Å². The number of nitrogens with zero attached hydrogens (tertiary/aromatic N) is 1. The topological polar surface area (TPSA) is 48.1 Å². The van der Waals surface area contributed by atoms with Gasteiger partial charge in [0, 0.05) is 17.7 Å². The molecule has 1 heterocycles. The summed E-state index contributed by atoms with van der Waals surface area (Å²) < 4.78 is 5.02. The molecule has 0 saturated heterocycles. The molecule has 3 nitrogen and oxygen atoms in total. The highest BCUT2D eigenvalue weighted by Crippen LogP contribution is 2.20. The smallest absolute Gasteiger partial charge is 0.137 e. The van der Waals surface area contributed by atoms with Gasteiger partial charge in [-0.1, -0.05) is 13.8 Å². The van der Waals surface area contributed by atoms with Gasteiger partial charge in [0.05, 0.1) is 13.3 Å². The first kappa shape index (κ1) is 9.99. The van der Waals surface area contributed by atoms with E-state index < -0.39 is 0 Å². The first-order valence-corrected chi connectivity index (χ1v) is 4.31. The summed E-state index contributed by atoms with van der Waals surface area (Å²) in [5.74, 6) is 0.775. The first-order chi connectivity index (χ1) is 6.10. The third-order valence-corrected chi connectivity index (χ3v) is 2.18. The molecule has 0 spiro atoms. The molecule has 0 unspecified atom stereocenters. The van der Waals surface area contributed by atoms with E-state index in [-0.39, 0.29) is 5.41 Å². The molecule has 0 aliphatic carbocycles. The largest absolute Gasteiger partial charge is 0.495 e. The summed E-state index contributed by atoms with van der Waals surface area (Å²) in [5.41, 5.74) is 6.57. The third kappa shape index (κ3) is 2.18. The molecule has 2 N–H and O–H groups in total. The summed E-state index contributed by atoms with van der Waals surface area (Å²) in [5, 5.41) is 0. The molecule has 1 aromatic rings. The second kappa shape index (κ2) is 3.75. The summed E-state index contributed by atoms with van der Waals surface area (Å²) >= 11 is 0. The van der Waals surface area contributed by atoms with Crippen molar-refractivity contribution >= 4 is 0 Å². The zero-order valence-corrected chi connectivity index (χ0v) is 8.37. The standard InChI is InChI=1S/C10H16N2O/c1-10(2,7-11)9-5-4-8(13-3)6-12-9/h4-6H,7,11H2,1-3H3. The van der Waals surface area contributed by atoms with Crippen molar-refractivity contribution in [1.82, 2.24) is 4.98 Å². The summed E-state index contributed by atoms with van der Waals surface area (Å²) in [4.78, 5) is 4.29. The molecule has 0 bridgehead atoms. The molecule has 13 heavy (non-hydrogen) atoms. The maximum atomic E-state index is 5.64. The zero-order chi connectivity index (χ0) is 9.90. The maximum absolute atomic E-state index is 5.64. The highest BCUT2D eigenvalue weighted by Gasteiger charge is 2.19. The number of aromatic nitrogens is 1. The van der Waals surface area contributed by atoms with Gasteiger partial charge in [-0.15, -0.1) is 0 Å². The van der Waals surface area contributed by atoms with E-state index in [2.05, 4.69) is 18.8 Å². The van der Waals surface area contributed by atoms with Gasteiger partial charge in [-0.25, -0.2) is 0 Å². The van der Waals surface area contributed by atoms with Crippen LogP contribution in [0.15, 0.2) is 18.3 Å². The highest BCUT2D eigenvalue weighted by molar-refractivity contribution is 5.23. The molecule has 0 amide bonds. The molecule has 0 radical (unpaired) electrons. The Morgan fingerprint density at radius 1 is 1.46 bits per heavy atom. The summed E-state index contributed by atoms with van der Waals surface area (Å²) in [7, 11) is 1.63. The van der Waals surface area contributed by atoms with Crippen molar-refractivity contribution < 1.29 is 4.74 Å². The Bertz CT molecular complexity index is 267. The number of methoxy groups -OCH3 is 1. The Hall–Kier alpha value is -1.09. The van der Waals surface area contributed by atoms with Crippen LogP contribution in [0.1, 0.15) is 19.5 Å². The minimum atomic E-state index is -0.0632. The van der Waals surface area contributed by atoms with Crippen LogP contribution in [0, 0.1) is 0 Å². The monoisotopic (exact) mass is 180 g/mol. The van der Waals surface area contributed by atoms with Crippen LogP contribution in [0.2, 0.25) is 0 Å². The van der Waals surface area contributed by atoms with E-state index in [1.54, 1.807) is 13.3 Å². The molecule has 0 aromatic carbocycles. The van der Waals surface area contributed by atoms with Crippen LogP contribution < -0.4 is 10.5 Å². The quantitative estimate of drug-likeness (QED) is 0.763. The van der Waals surface area contributed by atoms with E-state index in [1.807, 2.05) is 12.1 Å². The fraction of sp³-hybridized carbons (Fsp3) is 0.500. The highest BCUT2D eigenvalue weighted by atomic mass is 16.5. The molecule has 72 valence electrons. The number of pyridine rings is 1. The van der Waals surface area contributed by atoms with E-state index in [4.69, 9.17) is 10.5 Å². The Kier molecular flexibility index (Phi) is 2.88. The molecule has 0 fully saturated rings. The zero-order valence-electron chi connectivity index (χ0n) is 8.37. The fourth-order valence-corrected chi connectivity index (χ4v) is 1.01. The van der Waals surface area contributed by atoms with Gasteiger partial charge in [-0.3, -0.25) is 4.98 Å². The van der Waals surface area contributed by atoms with Gasteiger partial charge in [0.25, 0.3) is 0 Å². The van der Waals surface area contributed by atoms with Crippen LogP contribution in [0.4, 0.5) is 0 Å². The van der Waals surface area contributed by atoms with Gasteiger partial charge in [0.15, 0.2) is 0 Å². The predicted molar refractivity (Wildman–Crippen MR) is 52.9 cm³/mol. The second-order valence-electron chi connectivity index (χ2n) is 3.67. The predicted octanol–water partition coefficient (Wildman–Crippen LogP) is 1.33.